The van der Waals surface area contributed by atoms with Crippen molar-refractivity contribution in [3.63, 3.8) is 0 Å². The Morgan fingerprint density at radius 1 is 1.02 bits per heavy atom. The van der Waals surface area contributed by atoms with Gasteiger partial charge in [0.2, 0.25) is 5.91 Å². The van der Waals surface area contributed by atoms with Gasteiger partial charge in [-0.3, -0.25) is 9.59 Å². The molecule has 1 aliphatic heterocycles. The second-order valence-electron chi connectivity index (χ2n) is 10.5. The number of carbonyl (C=O) groups is 1. The van der Waals surface area contributed by atoms with Crippen LogP contribution in [0.25, 0.3) is 11.1 Å². The Morgan fingerprint density at radius 3 is 2.49 bits per heavy atom. The summed E-state index contributed by atoms with van der Waals surface area (Å²) in [5.41, 5.74) is 3.56. The first kappa shape index (κ1) is 27.1. The first-order chi connectivity index (χ1) is 19.6. The van der Waals surface area contributed by atoms with Crippen molar-refractivity contribution in [3.8, 4) is 16.9 Å². The van der Waals surface area contributed by atoms with E-state index in [-0.39, 0.29) is 35.6 Å². The van der Waals surface area contributed by atoms with Crippen molar-refractivity contribution in [1.82, 2.24) is 14.9 Å². The maximum absolute atomic E-state index is 13.2. The average Bonchev–Trinajstić information content (AvgIpc) is 3.75. The number of hydrogen-bond acceptors (Lipinski definition) is 4. The Balaban J connectivity index is 1.17. The van der Waals surface area contributed by atoms with Gasteiger partial charge in [0.05, 0.1) is 29.6 Å². The van der Waals surface area contributed by atoms with E-state index in [2.05, 4.69) is 9.72 Å². The molecule has 0 bridgehead atoms. The molecule has 6 rings (SSSR count). The first-order valence-corrected chi connectivity index (χ1v) is 13.6. The highest BCUT2D eigenvalue weighted by Gasteiger charge is 2.49. The second kappa shape index (κ2) is 10.4. The Morgan fingerprint density at radius 2 is 1.76 bits per heavy atom. The third kappa shape index (κ3) is 5.72. The van der Waals surface area contributed by atoms with E-state index in [9.17, 15) is 22.8 Å². The third-order valence-corrected chi connectivity index (χ3v) is 7.92. The van der Waals surface area contributed by atoms with Crippen molar-refractivity contribution in [2.45, 2.75) is 44.0 Å². The molecule has 1 saturated carbocycles. The number of aromatic amines is 1. The van der Waals surface area contributed by atoms with Gasteiger partial charge in [-0.2, -0.15) is 0 Å². The summed E-state index contributed by atoms with van der Waals surface area (Å²) >= 11 is 6.21. The lowest BCUT2D eigenvalue weighted by atomic mass is 9.94. The molecule has 4 aromatic rings. The summed E-state index contributed by atoms with van der Waals surface area (Å²) in [5, 5.41) is 0.637. The highest BCUT2D eigenvalue weighted by atomic mass is 35.5. The van der Waals surface area contributed by atoms with Gasteiger partial charge in [-0.15, -0.1) is 13.2 Å². The minimum atomic E-state index is -4.78. The van der Waals surface area contributed by atoms with Gasteiger partial charge < -0.3 is 14.6 Å². The summed E-state index contributed by atoms with van der Waals surface area (Å²) in [6.07, 6.45) is -2.48. The molecule has 0 spiro atoms. The van der Waals surface area contributed by atoms with Gasteiger partial charge in [-0.1, -0.05) is 60.1 Å². The molecule has 3 aromatic carbocycles. The Bertz CT molecular complexity index is 1700. The maximum atomic E-state index is 13.2. The molecule has 0 radical (unpaired) electrons. The highest BCUT2D eigenvalue weighted by Crippen LogP contribution is 2.52. The normalized spacial score (nSPS) is 15.8. The summed E-state index contributed by atoms with van der Waals surface area (Å²) in [5.74, 6) is 0.179. The van der Waals surface area contributed by atoms with Crippen LogP contribution >= 0.6 is 11.6 Å². The van der Waals surface area contributed by atoms with E-state index in [4.69, 9.17) is 16.6 Å². The number of fused-ring (bicyclic) bond motifs is 1. The number of nitrogens with zero attached hydrogens (tertiary/aromatic N) is 2. The molecule has 210 valence electrons. The number of nitrogens with one attached hydrogen (secondary N) is 1. The molecule has 2 heterocycles. The van der Waals surface area contributed by atoms with Crippen LogP contribution < -0.4 is 10.3 Å². The van der Waals surface area contributed by atoms with Crippen LogP contribution in [-0.2, 0) is 29.6 Å². The van der Waals surface area contributed by atoms with Crippen molar-refractivity contribution in [1.29, 1.82) is 0 Å². The number of rotatable bonds is 6. The smallest absolute Gasteiger partial charge is 0.406 e. The number of benzene rings is 3. The average molecular weight is 580 g/mol. The fourth-order valence-electron chi connectivity index (χ4n) is 5.46. The Hall–Kier alpha value is -4.11. The van der Waals surface area contributed by atoms with Gasteiger partial charge in [0.1, 0.15) is 11.6 Å². The van der Waals surface area contributed by atoms with Crippen LogP contribution in [0, 0.1) is 0 Å². The zero-order valence-corrected chi connectivity index (χ0v) is 22.6. The van der Waals surface area contributed by atoms with E-state index in [1.54, 1.807) is 35.2 Å². The monoisotopic (exact) mass is 579 g/mol. The molecule has 6 nitrogen and oxygen atoms in total. The van der Waals surface area contributed by atoms with E-state index in [0.29, 0.717) is 51.8 Å². The van der Waals surface area contributed by atoms with Gasteiger partial charge >= 0.3 is 6.36 Å². The van der Waals surface area contributed by atoms with Crippen LogP contribution in [0.15, 0.2) is 77.6 Å². The number of aromatic nitrogens is 2. The van der Waals surface area contributed by atoms with E-state index < -0.39 is 6.36 Å². The summed E-state index contributed by atoms with van der Waals surface area (Å²) < 4.78 is 42.0. The number of hydrogen-bond donors (Lipinski definition) is 1. The van der Waals surface area contributed by atoms with Crippen molar-refractivity contribution in [2.75, 3.05) is 6.54 Å². The lowest BCUT2D eigenvalue weighted by Crippen LogP contribution is -2.41. The first-order valence-electron chi connectivity index (χ1n) is 13.2. The SMILES string of the molecule is O=C(Cc1cccc(-c2cccc(OC(F)(F)F)c2)c1)N1CCc2nc(C3(c4cccc(Cl)c4)CC3)[nH]c(=O)c2C1. The Labute approximate surface area is 238 Å². The van der Waals surface area contributed by atoms with Crippen LogP contribution in [-0.4, -0.2) is 33.7 Å². The van der Waals surface area contributed by atoms with Crippen molar-refractivity contribution < 1.29 is 22.7 Å². The third-order valence-electron chi connectivity index (χ3n) is 7.69. The zero-order chi connectivity index (χ0) is 28.8. The number of ether oxygens (including phenoxy) is 1. The molecule has 0 atom stereocenters. The molecule has 1 N–H and O–H groups in total. The van der Waals surface area contributed by atoms with Gasteiger partial charge in [-0.25, -0.2) is 4.98 Å². The number of carbonyl (C=O) groups excluding carboxylic acids is 1. The number of halogens is 4. The molecular weight excluding hydrogens is 555 g/mol. The largest absolute Gasteiger partial charge is 0.573 e. The van der Waals surface area contributed by atoms with Crippen LogP contribution in [0.4, 0.5) is 13.2 Å². The lowest BCUT2D eigenvalue weighted by Gasteiger charge is -2.29. The van der Waals surface area contributed by atoms with Gasteiger partial charge in [0.25, 0.3) is 5.56 Å². The second-order valence-corrected chi connectivity index (χ2v) is 10.9. The van der Waals surface area contributed by atoms with E-state index in [1.165, 1.54) is 18.2 Å². The van der Waals surface area contributed by atoms with Crippen LogP contribution in [0.3, 0.4) is 0 Å². The fourth-order valence-corrected chi connectivity index (χ4v) is 5.65. The summed E-state index contributed by atoms with van der Waals surface area (Å²) in [6, 6.07) is 20.4. The van der Waals surface area contributed by atoms with Crippen molar-refractivity contribution >= 4 is 17.5 Å². The quantitative estimate of drug-likeness (QED) is 0.295. The molecule has 10 heteroatoms. The van der Waals surface area contributed by atoms with Gasteiger partial charge in [0.15, 0.2) is 0 Å². The van der Waals surface area contributed by atoms with Gasteiger partial charge in [-0.05, 0) is 59.4 Å². The predicted octanol–water partition coefficient (Wildman–Crippen LogP) is 6.20. The summed E-state index contributed by atoms with van der Waals surface area (Å²) in [7, 11) is 0. The highest BCUT2D eigenvalue weighted by molar-refractivity contribution is 6.30. The minimum absolute atomic E-state index is 0.0865. The van der Waals surface area contributed by atoms with Crippen molar-refractivity contribution in [2.24, 2.45) is 0 Å². The molecule has 41 heavy (non-hydrogen) atoms. The number of H-pyrrole nitrogens is 1. The minimum Gasteiger partial charge on any atom is -0.406 e. The Kier molecular flexibility index (Phi) is 6.85. The van der Waals surface area contributed by atoms with E-state index in [1.807, 2.05) is 24.3 Å². The lowest BCUT2D eigenvalue weighted by molar-refractivity contribution is -0.274. The molecule has 0 saturated heterocycles. The predicted molar refractivity (Wildman–Crippen MR) is 148 cm³/mol. The van der Waals surface area contributed by atoms with E-state index in [0.717, 1.165) is 18.4 Å². The summed E-state index contributed by atoms with van der Waals surface area (Å²) in [4.78, 5) is 35.9. The number of amides is 1. The molecule has 1 fully saturated rings. The van der Waals surface area contributed by atoms with Crippen LogP contribution in [0.5, 0.6) is 5.75 Å². The molecule has 1 aliphatic carbocycles. The molecule has 1 amide bonds. The molecule has 2 aliphatic rings. The molecule has 1 aromatic heterocycles. The molecular formula is C31H25ClF3N3O3. The number of alkyl halides is 3. The van der Waals surface area contributed by atoms with E-state index >= 15 is 0 Å². The fraction of sp³-hybridized carbons (Fsp3) is 0.258. The maximum Gasteiger partial charge on any atom is 0.573 e. The van der Waals surface area contributed by atoms with Crippen LogP contribution in [0.2, 0.25) is 5.02 Å². The topological polar surface area (TPSA) is 75.3 Å². The van der Waals surface area contributed by atoms with Gasteiger partial charge in [0, 0.05) is 18.0 Å². The zero-order valence-electron chi connectivity index (χ0n) is 21.8. The summed E-state index contributed by atoms with van der Waals surface area (Å²) in [6.45, 7) is 0.597. The van der Waals surface area contributed by atoms with Crippen LogP contribution in [0.1, 0.15) is 41.1 Å². The van der Waals surface area contributed by atoms with Crippen molar-refractivity contribution in [3.05, 3.63) is 116 Å². The standard InChI is InChI=1S/C31H25ClF3N3O3/c32-23-8-3-7-22(17-23)30(11-12-30)29-36-26-10-13-38(18-25(26)28(40)37-29)27(39)15-19-4-1-5-20(14-19)21-6-2-9-24(16-21)41-31(33,34)35/h1-9,14,16-17H,10-13,15,18H2,(H,36,37,40). The molecule has 0 unspecified atom stereocenters.